The van der Waals surface area contributed by atoms with E-state index in [2.05, 4.69) is 13.8 Å². The summed E-state index contributed by atoms with van der Waals surface area (Å²) in [5.41, 5.74) is -0.239. The molecule has 66 heavy (non-hydrogen) atoms. The van der Waals surface area contributed by atoms with E-state index in [9.17, 15) is 71.2 Å². The van der Waals surface area contributed by atoms with Crippen LogP contribution in [0.5, 0.6) is 0 Å². The standard InChI is InChI=1S/C44H72O22/c1-16(48)27-22(49)11-21-19-5-4-17-10-18(6-8-43(17,2)20(19)7-9-44(21,27)3)60-40-35(58)32(55)36(26(14-47)63-40)64-42-38(66-41-34(57)31(54)29(52)24(12-45)61-41)37(30(53)25(13-46)62-42)65-39-33(56)28(51)23(50)15-59-39/h17-42,45-47,49-58H,4-15H2,1-3H3/t17-,18?,19+,20?,21?,22?,23+,24+,25+,26+,27?,28-,29+,30+,31-,32+,33+,34+,35+,36-,37-,38+,39-,40+,41-,42-,43-,44-/m0/s1. The van der Waals surface area contributed by atoms with Gasteiger partial charge in [0.25, 0.3) is 0 Å². The highest BCUT2D eigenvalue weighted by Crippen LogP contribution is 2.67. The van der Waals surface area contributed by atoms with Crippen LogP contribution in [0.15, 0.2) is 0 Å². The number of hydrogen-bond acceptors (Lipinski definition) is 22. The maximum Gasteiger partial charge on any atom is 0.187 e. The molecule has 0 spiro atoms. The van der Waals surface area contributed by atoms with Gasteiger partial charge in [-0.25, -0.2) is 0 Å². The molecular weight excluding hydrogens is 880 g/mol. The first kappa shape index (κ1) is 51.2. The van der Waals surface area contributed by atoms with Crippen molar-refractivity contribution in [3.05, 3.63) is 0 Å². The van der Waals surface area contributed by atoms with Crippen LogP contribution < -0.4 is 0 Å². The Bertz CT molecular complexity index is 1640. The van der Waals surface area contributed by atoms with Crippen molar-refractivity contribution >= 4 is 5.78 Å². The quantitative estimate of drug-likeness (QED) is 0.0820. The largest absolute Gasteiger partial charge is 0.394 e. The van der Waals surface area contributed by atoms with E-state index >= 15 is 0 Å². The number of carbonyl (C=O) groups excluding carboxylic acids is 1. The predicted molar refractivity (Wildman–Crippen MR) is 218 cm³/mol. The van der Waals surface area contributed by atoms with Crippen molar-refractivity contribution < 1.29 is 109 Å². The topological polar surface area (TPSA) is 354 Å². The van der Waals surface area contributed by atoms with Crippen LogP contribution in [-0.4, -0.2) is 228 Å². The van der Waals surface area contributed by atoms with Gasteiger partial charge in [0, 0.05) is 5.92 Å². The summed E-state index contributed by atoms with van der Waals surface area (Å²) in [6, 6.07) is 0. The zero-order valence-electron chi connectivity index (χ0n) is 37.5. The highest BCUT2D eigenvalue weighted by atomic mass is 16.8. The number of ketones is 1. The molecule has 4 saturated heterocycles. The first-order chi connectivity index (χ1) is 31.3. The van der Waals surface area contributed by atoms with E-state index in [1.54, 1.807) is 6.92 Å². The second kappa shape index (κ2) is 20.1. The SMILES string of the molecule is CC(=O)C1C(O)CC2[C@@H]3CC[C@H]4CC(O[C@@H]5O[C@H](CO)[C@H](O[C@@H]6O[C@H](CO)[C@@H](O)[C@H](O[C@@H]7OC[C@@H](O)[C@H](O)[C@H]7O)[C@H]6O[C@@H]6O[C@H](CO)[C@@H](O)[C@H](O)[C@H]6O)[C@H](O)[C@H]5O)CC[C@]4(C)C3CC[C@]12C. The minimum absolute atomic E-state index is 0.0143. The Labute approximate surface area is 382 Å². The summed E-state index contributed by atoms with van der Waals surface area (Å²) in [7, 11) is 0. The number of rotatable bonds is 12. The molecule has 0 amide bonds. The van der Waals surface area contributed by atoms with Crippen LogP contribution in [0.25, 0.3) is 0 Å². The second-order valence-electron chi connectivity index (χ2n) is 20.8. The summed E-state index contributed by atoms with van der Waals surface area (Å²) in [6.45, 7) is 3.08. The van der Waals surface area contributed by atoms with Gasteiger partial charge in [0.05, 0.1) is 38.6 Å². The van der Waals surface area contributed by atoms with E-state index in [0.717, 1.165) is 32.1 Å². The number of fused-ring (bicyclic) bond motifs is 5. The summed E-state index contributed by atoms with van der Waals surface area (Å²) in [4.78, 5) is 12.7. The maximum absolute atomic E-state index is 12.7. The Balaban J connectivity index is 0.971. The van der Waals surface area contributed by atoms with E-state index in [0.29, 0.717) is 31.1 Å². The van der Waals surface area contributed by atoms with Crippen molar-refractivity contribution in [2.24, 2.45) is 40.4 Å². The molecule has 8 fully saturated rings. The van der Waals surface area contributed by atoms with Crippen LogP contribution in [0.2, 0.25) is 0 Å². The molecule has 0 aromatic rings. The summed E-state index contributed by atoms with van der Waals surface area (Å²) < 4.78 is 47.4. The fourth-order valence-electron chi connectivity index (χ4n) is 13.6. The monoisotopic (exact) mass is 952 g/mol. The summed E-state index contributed by atoms with van der Waals surface area (Å²) >= 11 is 0. The van der Waals surface area contributed by atoms with Gasteiger partial charge in [-0.3, -0.25) is 4.79 Å². The predicted octanol–water partition coefficient (Wildman–Crippen LogP) is -4.50. The maximum atomic E-state index is 12.7. The van der Waals surface area contributed by atoms with Gasteiger partial charge in [-0.15, -0.1) is 0 Å². The summed E-state index contributed by atoms with van der Waals surface area (Å²) in [5.74, 6) is 1.05. The van der Waals surface area contributed by atoms with Gasteiger partial charge < -0.3 is 104 Å². The van der Waals surface area contributed by atoms with Crippen LogP contribution in [0.3, 0.4) is 0 Å². The molecule has 4 aliphatic heterocycles. The number of Topliss-reactive ketones (excluding diaryl/α,β-unsaturated/α-hetero) is 1. The molecule has 0 bridgehead atoms. The van der Waals surface area contributed by atoms with Gasteiger partial charge >= 0.3 is 0 Å². The lowest BCUT2D eigenvalue weighted by Crippen LogP contribution is -2.68. The van der Waals surface area contributed by atoms with E-state index in [1.165, 1.54) is 0 Å². The van der Waals surface area contributed by atoms with E-state index in [-0.39, 0.29) is 40.5 Å². The van der Waals surface area contributed by atoms with Crippen LogP contribution >= 0.6 is 0 Å². The Morgan fingerprint density at radius 3 is 1.79 bits per heavy atom. The lowest BCUT2D eigenvalue weighted by Gasteiger charge is -2.61. The molecule has 4 heterocycles. The normalized spacial score (nSPS) is 55.4. The fourth-order valence-corrected chi connectivity index (χ4v) is 13.6. The third-order valence-electron chi connectivity index (χ3n) is 17.2. The zero-order chi connectivity index (χ0) is 47.7. The Kier molecular flexibility index (Phi) is 15.6. The van der Waals surface area contributed by atoms with Gasteiger partial charge in [-0.1, -0.05) is 13.8 Å². The van der Waals surface area contributed by atoms with Crippen molar-refractivity contribution in [3.8, 4) is 0 Å². The van der Waals surface area contributed by atoms with Crippen LogP contribution in [0.4, 0.5) is 0 Å². The highest BCUT2D eigenvalue weighted by molar-refractivity contribution is 5.80. The molecule has 4 saturated carbocycles. The Morgan fingerprint density at radius 2 is 1.11 bits per heavy atom. The van der Waals surface area contributed by atoms with Crippen LogP contribution in [0.1, 0.15) is 72.1 Å². The van der Waals surface area contributed by atoms with Gasteiger partial charge in [0.1, 0.15) is 97.3 Å². The van der Waals surface area contributed by atoms with Crippen LogP contribution in [-0.2, 0) is 42.7 Å². The van der Waals surface area contributed by atoms with Crippen molar-refractivity contribution in [2.75, 3.05) is 26.4 Å². The number of aliphatic hydroxyl groups is 13. The number of hydrogen-bond donors (Lipinski definition) is 13. The number of ether oxygens (including phenoxy) is 8. The van der Waals surface area contributed by atoms with E-state index in [4.69, 9.17) is 37.9 Å². The minimum Gasteiger partial charge on any atom is -0.394 e. The Hall–Kier alpha value is -1.17. The minimum atomic E-state index is -2.01. The molecule has 380 valence electrons. The van der Waals surface area contributed by atoms with E-state index < -0.39 is 149 Å². The average Bonchev–Trinajstić information content (AvgIpc) is 3.57. The van der Waals surface area contributed by atoms with Gasteiger partial charge in [-0.2, -0.15) is 0 Å². The van der Waals surface area contributed by atoms with Gasteiger partial charge in [0.2, 0.25) is 0 Å². The molecule has 22 nitrogen and oxygen atoms in total. The molecule has 4 aliphatic carbocycles. The molecule has 28 atom stereocenters. The number of aliphatic hydroxyl groups excluding tert-OH is 13. The second-order valence-corrected chi connectivity index (χ2v) is 20.8. The van der Waals surface area contributed by atoms with Crippen LogP contribution in [0, 0.1) is 40.4 Å². The molecule has 0 aromatic carbocycles. The lowest BCUT2D eigenvalue weighted by atomic mass is 9.44. The third kappa shape index (κ3) is 9.06. The molecule has 13 N–H and O–H groups in total. The molecule has 8 aliphatic rings. The zero-order valence-corrected chi connectivity index (χ0v) is 37.5. The highest BCUT2D eigenvalue weighted by Gasteiger charge is 2.64. The third-order valence-corrected chi connectivity index (χ3v) is 17.2. The van der Waals surface area contributed by atoms with Gasteiger partial charge in [-0.05, 0) is 92.8 Å². The van der Waals surface area contributed by atoms with Crippen molar-refractivity contribution in [3.63, 3.8) is 0 Å². The smallest absolute Gasteiger partial charge is 0.187 e. The molecule has 22 heteroatoms. The van der Waals surface area contributed by atoms with Gasteiger partial charge in [0.15, 0.2) is 25.2 Å². The fraction of sp³-hybridized carbons (Fsp3) is 0.977. The van der Waals surface area contributed by atoms with E-state index in [1.807, 2.05) is 0 Å². The molecule has 0 aromatic heterocycles. The van der Waals surface area contributed by atoms with Crippen molar-refractivity contribution in [1.29, 1.82) is 0 Å². The Morgan fingerprint density at radius 1 is 0.530 bits per heavy atom. The first-order valence-corrected chi connectivity index (χ1v) is 23.6. The summed E-state index contributed by atoms with van der Waals surface area (Å²) in [6.07, 6.45) is -27.7. The first-order valence-electron chi connectivity index (χ1n) is 23.6. The molecule has 8 rings (SSSR count). The van der Waals surface area contributed by atoms with Crippen molar-refractivity contribution in [2.45, 2.75) is 201 Å². The number of carbonyl (C=O) groups is 1. The molecule has 0 radical (unpaired) electrons. The summed E-state index contributed by atoms with van der Waals surface area (Å²) in [5, 5.41) is 139. The van der Waals surface area contributed by atoms with Crippen molar-refractivity contribution in [1.82, 2.24) is 0 Å². The molecule has 5 unspecified atom stereocenters. The average molecular weight is 953 g/mol. The lowest BCUT2D eigenvalue weighted by molar-refractivity contribution is -0.404. The molecular formula is C44H72O22.